The highest BCUT2D eigenvalue weighted by molar-refractivity contribution is 7.89. The van der Waals surface area contributed by atoms with Gasteiger partial charge in [-0.3, -0.25) is 9.78 Å². The molecule has 4 rings (SSSR count). The first-order valence-corrected chi connectivity index (χ1v) is 10.2. The summed E-state index contributed by atoms with van der Waals surface area (Å²) in [6, 6.07) is 20.2. The molecule has 0 aliphatic heterocycles. The number of fused-ring (bicyclic) bond motifs is 1. The van der Waals surface area contributed by atoms with Crippen molar-refractivity contribution in [2.75, 3.05) is 5.32 Å². The lowest BCUT2D eigenvalue weighted by molar-refractivity contribution is 0.102. The molecule has 0 saturated carbocycles. The summed E-state index contributed by atoms with van der Waals surface area (Å²) >= 11 is 0. The van der Waals surface area contributed by atoms with Crippen LogP contribution in [-0.2, 0) is 10.0 Å². The third-order valence-corrected chi connectivity index (χ3v) is 5.22. The highest BCUT2D eigenvalue weighted by Crippen LogP contribution is 2.25. The van der Waals surface area contributed by atoms with Crippen LogP contribution in [0.1, 0.15) is 10.4 Å². The van der Waals surface area contributed by atoms with Gasteiger partial charge in [0, 0.05) is 17.3 Å². The normalized spacial score (nSPS) is 11.3. The molecule has 3 N–H and O–H groups in total. The number of benzene rings is 2. The van der Waals surface area contributed by atoms with Gasteiger partial charge < -0.3 is 5.32 Å². The molecule has 0 spiro atoms. The highest BCUT2D eigenvalue weighted by Gasteiger charge is 2.16. The number of para-hydroxylation sites is 1. The van der Waals surface area contributed by atoms with Crippen LogP contribution >= 0.6 is 0 Å². The average Bonchev–Trinajstić information content (AvgIpc) is 2.73. The van der Waals surface area contributed by atoms with Gasteiger partial charge in [-0.15, -0.1) is 0 Å². The average molecular weight is 404 g/mol. The lowest BCUT2D eigenvalue weighted by Crippen LogP contribution is -2.15. The monoisotopic (exact) mass is 404 g/mol. The van der Waals surface area contributed by atoms with E-state index in [2.05, 4.69) is 15.3 Å². The Morgan fingerprint density at radius 2 is 1.69 bits per heavy atom. The topological polar surface area (TPSA) is 115 Å². The molecule has 2 aromatic carbocycles. The van der Waals surface area contributed by atoms with E-state index < -0.39 is 15.9 Å². The van der Waals surface area contributed by atoms with Crippen molar-refractivity contribution in [1.82, 2.24) is 9.97 Å². The van der Waals surface area contributed by atoms with Crippen LogP contribution < -0.4 is 10.5 Å². The van der Waals surface area contributed by atoms with Gasteiger partial charge in [-0.05, 0) is 42.5 Å². The number of hydrogen-bond acceptors (Lipinski definition) is 5. The second kappa shape index (κ2) is 7.42. The first-order valence-electron chi connectivity index (χ1n) is 8.67. The Kier molecular flexibility index (Phi) is 4.79. The van der Waals surface area contributed by atoms with Gasteiger partial charge in [0.2, 0.25) is 10.0 Å². The van der Waals surface area contributed by atoms with Gasteiger partial charge in [0.1, 0.15) is 0 Å². The number of carbonyl (C=O) groups excluding carboxylic acids is 1. The van der Waals surface area contributed by atoms with Crippen molar-refractivity contribution >= 4 is 32.5 Å². The zero-order valence-corrected chi connectivity index (χ0v) is 15.9. The molecule has 4 aromatic rings. The Morgan fingerprint density at radius 1 is 0.897 bits per heavy atom. The van der Waals surface area contributed by atoms with Crippen LogP contribution in [-0.4, -0.2) is 24.3 Å². The van der Waals surface area contributed by atoms with E-state index in [1.54, 1.807) is 30.5 Å². The third kappa shape index (κ3) is 3.98. The number of nitrogens with two attached hydrogens (primary N) is 1. The first kappa shape index (κ1) is 18.7. The third-order valence-electron chi connectivity index (χ3n) is 4.31. The number of hydrogen-bond donors (Lipinski definition) is 2. The van der Waals surface area contributed by atoms with E-state index in [1.807, 2.05) is 30.3 Å². The van der Waals surface area contributed by atoms with Gasteiger partial charge in [-0.2, -0.15) is 0 Å². The van der Waals surface area contributed by atoms with Crippen LogP contribution in [0.15, 0.2) is 83.9 Å². The van der Waals surface area contributed by atoms with Crippen LogP contribution in [0, 0.1) is 0 Å². The van der Waals surface area contributed by atoms with E-state index in [1.165, 1.54) is 18.2 Å². The van der Waals surface area contributed by atoms with Crippen LogP contribution in [0.4, 0.5) is 5.69 Å². The standard InChI is InChI=1S/C21H16N4O3S/c22-29(27,28)15-7-5-6-14(12-15)24-21(26)17-13-20(19-10-3-4-11-23-19)25-18-9-2-1-8-16(17)18/h1-13H,(H,24,26)(H2,22,27,28). The first-order chi connectivity index (χ1) is 13.9. The minimum atomic E-state index is -3.87. The molecule has 2 heterocycles. The SMILES string of the molecule is NS(=O)(=O)c1cccc(NC(=O)c2cc(-c3ccccn3)nc3ccccc23)c1. The summed E-state index contributed by atoms with van der Waals surface area (Å²) in [4.78, 5) is 21.9. The molecule has 0 aliphatic carbocycles. The van der Waals surface area contributed by atoms with E-state index >= 15 is 0 Å². The number of rotatable bonds is 4. The molecule has 0 fully saturated rings. The number of nitrogens with zero attached hydrogens (tertiary/aromatic N) is 2. The van der Waals surface area contributed by atoms with Crippen LogP contribution in [0.5, 0.6) is 0 Å². The van der Waals surface area contributed by atoms with Crippen molar-refractivity contribution in [3.8, 4) is 11.4 Å². The van der Waals surface area contributed by atoms with Gasteiger partial charge in [-0.25, -0.2) is 18.5 Å². The molecule has 0 bridgehead atoms. The highest BCUT2D eigenvalue weighted by atomic mass is 32.2. The summed E-state index contributed by atoms with van der Waals surface area (Å²) in [5, 5.41) is 8.58. The van der Waals surface area contributed by atoms with Crippen LogP contribution in [0.2, 0.25) is 0 Å². The van der Waals surface area contributed by atoms with Gasteiger partial charge in [0.05, 0.1) is 27.4 Å². The Morgan fingerprint density at radius 3 is 2.45 bits per heavy atom. The summed E-state index contributed by atoms with van der Waals surface area (Å²) in [7, 11) is -3.87. The lowest BCUT2D eigenvalue weighted by Gasteiger charge is -2.11. The van der Waals surface area contributed by atoms with Gasteiger partial charge >= 0.3 is 0 Å². The van der Waals surface area contributed by atoms with Crippen LogP contribution in [0.3, 0.4) is 0 Å². The molecular formula is C21H16N4O3S. The van der Waals surface area contributed by atoms with Gasteiger partial charge in [-0.1, -0.05) is 30.3 Å². The predicted molar refractivity (Wildman–Crippen MR) is 111 cm³/mol. The van der Waals surface area contributed by atoms with E-state index in [9.17, 15) is 13.2 Å². The smallest absolute Gasteiger partial charge is 0.256 e. The number of nitrogens with one attached hydrogen (secondary N) is 1. The van der Waals surface area contributed by atoms with E-state index in [4.69, 9.17) is 5.14 Å². The van der Waals surface area contributed by atoms with Crippen molar-refractivity contribution in [3.05, 3.63) is 84.6 Å². The van der Waals surface area contributed by atoms with Crippen molar-refractivity contribution in [2.24, 2.45) is 5.14 Å². The molecule has 2 aromatic heterocycles. The molecule has 144 valence electrons. The lowest BCUT2D eigenvalue weighted by atomic mass is 10.1. The van der Waals surface area contributed by atoms with E-state index in [0.29, 0.717) is 33.5 Å². The number of pyridine rings is 2. The molecule has 0 radical (unpaired) electrons. The van der Waals surface area contributed by atoms with Gasteiger partial charge in [0.15, 0.2) is 0 Å². The Labute approximate surface area is 167 Å². The Balaban J connectivity index is 1.78. The molecule has 0 saturated heterocycles. The van der Waals surface area contributed by atoms with Crippen molar-refractivity contribution < 1.29 is 13.2 Å². The summed E-state index contributed by atoms with van der Waals surface area (Å²) in [6.07, 6.45) is 1.66. The second-order valence-electron chi connectivity index (χ2n) is 6.31. The molecular weight excluding hydrogens is 388 g/mol. The Hall–Kier alpha value is -3.62. The fraction of sp³-hybridized carbons (Fsp3) is 0. The molecule has 7 nitrogen and oxygen atoms in total. The maximum atomic E-state index is 13.0. The predicted octanol–water partition coefficient (Wildman–Crippen LogP) is 3.20. The molecule has 1 amide bonds. The minimum Gasteiger partial charge on any atom is -0.322 e. The molecule has 0 unspecified atom stereocenters. The fourth-order valence-electron chi connectivity index (χ4n) is 2.96. The van der Waals surface area contributed by atoms with E-state index in [-0.39, 0.29) is 4.90 Å². The van der Waals surface area contributed by atoms with Crippen LogP contribution in [0.25, 0.3) is 22.3 Å². The minimum absolute atomic E-state index is 0.0796. The quantitative estimate of drug-likeness (QED) is 0.542. The number of carbonyl (C=O) groups is 1. The number of primary sulfonamides is 1. The molecule has 8 heteroatoms. The van der Waals surface area contributed by atoms with Gasteiger partial charge in [0.25, 0.3) is 5.91 Å². The van der Waals surface area contributed by atoms with E-state index in [0.717, 1.165) is 0 Å². The largest absolute Gasteiger partial charge is 0.322 e. The molecule has 29 heavy (non-hydrogen) atoms. The summed E-state index contributed by atoms with van der Waals surface area (Å²) in [6.45, 7) is 0. The molecule has 0 atom stereocenters. The number of anilines is 1. The maximum Gasteiger partial charge on any atom is 0.256 e. The maximum absolute atomic E-state index is 13.0. The second-order valence-corrected chi connectivity index (χ2v) is 7.88. The summed E-state index contributed by atoms with van der Waals surface area (Å²) in [5.41, 5.74) is 2.58. The molecule has 0 aliphatic rings. The summed E-state index contributed by atoms with van der Waals surface area (Å²) < 4.78 is 23.1. The zero-order valence-electron chi connectivity index (χ0n) is 15.1. The number of sulfonamides is 1. The van der Waals surface area contributed by atoms with Crippen molar-refractivity contribution in [1.29, 1.82) is 0 Å². The van der Waals surface area contributed by atoms with Crippen molar-refractivity contribution in [3.63, 3.8) is 0 Å². The number of amides is 1. The zero-order chi connectivity index (χ0) is 20.4. The summed E-state index contributed by atoms with van der Waals surface area (Å²) in [5.74, 6) is -0.396. The number of aromatic nitrogens is 2. The van der Waals surface area contributed by atoms with Crippen molar-refractivity contribution in [2.45, 2.75) is 4.90 Å². The fourth-order valence-corrected chi connectivity index (χ4v) is 3.52. The Bertz CT molecular complexity index is 1320.